The van der Waals surface area contributed by atoms with E-state index in [4.69, 9.17) is 9.47 Å². The standard InChI is InChI=1S/C10H18O2/c1-10(2)11-7-9(12-10)6-8-4-3-5-8/h8-9H,3-7H2,1-2H3. The molecule has 0 amide bonds. The van der Waals surface area contributed by atoms with Crippen LogP contribution in [0.5, 0.6) is 0 Å². The molecule has 2 heteroatoms. The predicted molar refractivity (Wildman–Crippen MR) is 46.9 cm³/mol. The third-order valence-electron chi connectivity index (χ3n) is 2.89. The van der Waals surface area contributed by atoms with Gasteiger partial charge in [0.05, 0.1) is 12.7 Å². The van der Waals surface area contributed by atoms with Crippen molar-refractivity contribution in [2.24, 2.45) is 5.92 Å². The second-order valence-electron chi connectivity index (χ2n) is 4.48. The lowest BCUT2D eigenvalue weighted by molar-refractivity contribution is -0.140. The van der Waals surface area contributed by atoms with Crippen LogP contribution in [0.25, 0.3) is 0 Å². The van der Waals surface area contributed by atoms with Crippen molar-refractivity contribution in [1.29, 1.82) is 0 Å². The summed E-state index contributed by atoms with van der Waals surface area (Å²) in [6.45, 7) is 4.78. The van der Waals surface area contributed by atoms with Gasteiger partial charge in [0, 0.05) is 0 Å². The van der Waals surface area contributed by atoms with Crippen LogP contribution < -0.4 is 0 Å². The quantitative estimate of drug-likeness (QED) is 0.633. The lowest BCUT2D eigenvalue weighted by Crippen LogP contribution is -2.24. The Morgan fingerprint density at radius 3 is 2.50 bits per heavy atom. The summed E-state index contributed by atoms with van der Waals surface area (Å²) in [4.78, 5) is 0. The molecule has 2 rings (SSSR count). The minimum Gasteiger partial charge on any atom is -0.348 e. The fraction of sp³-hybridized carbons (Fsp3) is 1.00. The highest BCUT2D eigenvalue weighted by Crippen LogP contribution is 2.34. The first kappa shape index (κ1) is 8.52. The molecule has 2 aliphatic rings. The molecule has 1 aliphatic carbocycles. The fourth-order valence-corrected chi connectivity index (χ4v) is 1.98. The van der Waals surface area contributed by atoms with Gasteiger partial charge in [-0.1, -0.05) is 19.3 Å². The van der Waals surface area contributed by atoms with Crippen molar-refractivity contribution >= 4 is 0 Å². The zero-order chi connectivity index (χ0) is 8.60. The average molecular weight is 170 g/mol. The van der Waals surface area contributed by atoms with Crippen molar-refractivity contribution in [3.8, 4) is 0 Å². The Balaban J connectivity index is 1.75. The van der Waals surface area contributed by atoms with Gasteiger partial charge < -0.3 is 9.47 Å². The SMILES string of the molecule is CC1(C)OCC(CC2CCC2)O1. The fourth-order valence-electron chi connectivity index (χ4n) is 1.98. The third-order valence-corrected chi connectivity index (χ3v) is 2.89. The molecule has 70 valence electrons. The molecule has 0 aromatic rings. The molecular formula is C10H18O2. The summed E-state index contributed by atoms with van der Waals surface area (Å²) in [7, 11) is 0. The van der Waals surface area contributed by atoms with Gasteiger partial charge in [0.1, 0.15) is 0 Å². The van der Waals surface area contributed by atoms with Gasteiger partial charge in [-0.05, 0) is 26.2 Å². The van der Waals surface area contributed by atoms with Crippen molar-refractivity contribution in [1.82, 2.24) is 0 Å². The summed E-state index contributed by atoms with van der Waals surface area (Å²) >= 11 is 0. The van der Waals surface area contributed by atoms with Crippen molar-refractivity contribution in [3.63, 3.8) is 0 Å². The van der Waals surface area contributed by atoms with Gasteiger partial charge in [0.2, 0.25) is 0 Å². The second-order valence-corrected chi connectivity index (χ2v) is 4.48. The van der Waals surface area contributed by atoms with Crippen LogP contribution in [0.1, 0.15) is 39.5 Å². The average Bonchev–Trinajstić information content (AvgIpc) is 2.21. The van der Waals surface area contributed by atoms with E-state index in [9.17, 15) is 0 Å². The highest BCUT2D eigenvalue weighted by molar-refractivity contribution is 4.78. The van der Waals surface area contributed by atoms with Crippen molar-refractivity contribution < 1.29 is 9.47 Å². The van der Waals surface area contributed by atoms with Gasteiger partial charge in [-0.15, -0.1) is 0 Å². The van der Waals surface area contributed by atoms with Gasteiger partial charge in [-0.25, -0.2) is 0 Å². The van der Waals surface area contributed by atoms with E-state index in [1.54, 1.807) is 0 Å². The Kier molecular flexibility index (Phi) is 2.13. The molecular weight excluding hydrogens is 152 g/mol. The molecule has 1 atom stereocenters. The number of rotatable bonds is 2. The normalized spacial score (nSPS) is 35.0. The topological polar surface area (TPSA) is 18.5 Å². The van der Waals surface area contributed by atoms with Crippen LogP contribution in [0.4, 0.5) is 0 Å². The first-order valence-electron chi connectivity index (χ1n) is 4.97. The molecule has 0 N–H and O–H groups in total. The highest BCUT2D eigenvalue weighted by Gasteiger charge is 2.34. The van der Waals surface area contributed by atoms with Gasteiger partial charge in [-0.3, -0.25) is 0 Å². The van der Waals surface area contributed by atoms with Crippen LogP contribution in [0, 0.1) is 5.92 Å². The molecule has 0 radical (unpaired) electrons. The van der Waals surface area contributed by atoms with Gasteiger partial charge in [-0.2, -0.15) is 0 Å². The molecule has 2 nitrogen and oxygen atoms in total. The summed E-state index contributed by atoms with van der Waals surface area (Å²) in [6.07, 6.45) is 5.80. The summed E-state index contributed by atoms with van der Waals surface area (Å²) < 4.78 is 11.2. The van der Waals surface area contributed by atoms with Crippen LogP contribution in [0.15, 0.2) is 0 Å². The largest absolute Gasteiger partial charge is 0.348 e. The van der Waals surface area contributed by atoms with Crippen molar-refractivity contribution in [2.75, 3.05) is 6.61 Å². The molecule has 1 saturated carbocycles. The van der Waals surface area contributed by atoms with Crippen LogP contribution in [0.2, 0.25) is 0 Å². The first-order valence-corrected chi connectivity index (χ1v) is 4.97. The number of hydrogen-bond donors (Lipinski definition) is 0. The molecule has 1 unspecified atom stereocenters. The maximum atomic E-state index is 5.73. The molecule has 0 bridgehead atoms. The lowest BCUT2D eigenvalue weighted by Gasteiger charge is -2.27. The molecule has 12 heavy (non-hydrogen) atoms. The lowest BCUT2D eigenvalue weighted by atomic mass is 9.81. The third kappa shape index (κ3) is 1.80. The van der Waals surface area contributed by atoms with E-state index in [2.05, 4.69) is 0 Å². The summed E-state index contributed by atoms with van der Waals surface area (Å²) in [6, 6.07) is 0. The van der Waals surface area contributed by atoms with Crippen LogP contribution in [-0.2, 0) is 9.47 Å². The zero-order valence-electron chi connectivity index (χ0n) is 8.01. The Bertz CT molecular complexity index is 161. The Morgan fingerprint density at radius 1 is 1.33 bits per heavy atom. The number of ether oxygens (including phenoxy) is 2. The van der Waals surface area contributed by atoms with Gasteiger partial charge >= 0.3 is 0 Å². The van der Waals surface area contributed by atoms with Crippen LogP contribution in [0.3, 0.4) is 0 Å². The van der Waals surface area contributed by atoms with Gasteiger partial charge in [0.25, 0.3) is 0 Å². The first-order chi connectivity index (χ1) is 5.66. The smallest absolute Gasteiger partial charge is 0.163 e. The van der Waals surface area contributed by atoms with Crippen molar-refractivity contribution in [2.45, 2.75) is 51.4 Å². The molecule has 1 heterocycles. The second kappa shape index (κ2) is 3.00. The Labute approximate surface area is 74.2 Å². The van der Waals surface area contributed by atoms with E-state index in [1.165, 1.54) is 25.7 Å². The van der Waals surface area contributed by atoms with E-state index < -0.39 is 0 Å². The minimum atomic E-state index is -0.325. The molecule has 0 aromatic heterocycles. The predicted octanol–water partition coefficient (Wildman–Crippen LogP) is 2.33. The molecule has 0 spiro atoms. The Morgan fingerprint density at radius 2 is 2.08 bits per heavy atom. The van der Waals surface area contributed by atoms with E-state index >= 15 is 0 Å². The summed E-state index contributed by atoms with van der Waals surface area (Å²) in [5, 5.41) is 0. The summed E-state index contributed by atoms with van der Waals surface area (Å²) in [5.41, 5.74) is 0. The van der Waals surface area contributed by atoms with Crippen LogP contribution >= 0.6 is 0 Å². The maximum absolute atomic E-state index is 5.73. The molecule has 1 saturated heterocycles. The van der Waals surface area contributed by atoms with Crippen molar-refractivity contribution in [3.05, 3.63) is 0 Å². The highest BCUT2D eigenvalue weighted by atomic mass is 16.7. The number of hydrogen-bond acceptors (Lipinski definition) is 2. The van der Waals surface area contributed by atoms with Crippen LogP contribution in [-0.4, -0.2) is 18.5 Å². The Hall–Kier alpha value is -0.0800. The summed E-state index contributed by atoms with van der Waals surface area (Å²) in [5.74, 6) is 0.599. The van der Waals surface area contributed by atoms with E-state index in [0.29, 0.717) is 6.10 Å². The van der Waals surface area contributed by atoms with E-state index in [1.807, 2.05) is 13.8 Å². The monoisotopic (exact) mass is 170 g/mol. The zero-order valence-corrected chi connectivity index (χ0v) is 8.01. The van der Waals surface area contributed by atoms with E-state index in [0.717, 1.165) is 12.5 Å². The molecule has 0 aromatic carbocycles. The molecule has 1 aliphatic heterocycles. The van der Waals surface area contributed by atoms with Gasteiger partial charge in [0.15, 0.2) is 5.79 Å². The minimum absolute atomic E-state index is 0.325. The molecule has 2 fully saturated rings. The maximum Gasteiger partial charge on any atom is 0.163 e. The van der Waals surface area contributed by atoms with E-state index in [-0.39, 0.29) is 5.79 Å².